The highest BCUT2D eigenvalue weighted by Crippen LogP contribution is 2.18. The highest BCUT2D eigenvalue weighted by atomic mass is 32.1. The largest absolute Gasteiger partial charge is 0.497 e. The summed E-state index contributed by atoms with van der Waals surface area (Å²) in [4.78, 5) is 10.9. The van der Waals surface area contributed by atoms with E-state index in [1.54, 1.807) is 25.5 Å². The standard InChI is InChI=1S/C18H26N4O2S/c1-14-21-15(13-25-14)12-22(3)18(19-2)20-9-6-10-24-17-8-5-7-16(11-17)23-4/h5,7-8,11,13H,6,9-10,12H2,1-4H3,(H,19,20). The second-order valence-corrected chi connectivity index (χ2v) is 6.63. The molecule has 0 unspecified atom stereocenters. The average Bonchev–Trinajstić information content (AvgIpc) is 3.03. The van der Waals surface area contributed by atoms with Crippen molar-refractivity contribution < 1.29 is 9.47 Å². The number of aromatic nitrogens is 1. The van der Waals surface area contributed by atoms with Crippen LogP contribution < -0.4 is 14.8 Å². The summed E-state index contributed by atoms with van der Waals surface area (Å²) in [6, 6.07) is 7.63. The highest BCUT2D eigenvalue weighted by molar-refractivity contribution is 7.09. The predicted octanol–water partition coefficient (Wildman–Crippen LogP) is 2.94. The normalized spacial score (nSPS) is 11.3. The Morgan fingerprint density at radius 2 is 2.16 bits per heavy atom. The van der Waals surface area contributed by atoms with Crippen LogP contribution in [0.15, 0.2) is 34.6 Å². The average molecular weight is 362 g/mol. The number of rotatable bonds is 8. The van der Waals surface area contributed by atoms with Crippen molar-refractivity contribution in [3.63, 3.8) is 0 Å². The molecule has 25 heavy (non-hydrogen) atoms. The smallest absolute Gasteiger partial charge is 0.193 e. The zero-order valence-corrected chi connectivity index (χ0v) is 16.1. The Labute approximate surface area is 153 Å². The van der Waals surface area contributed by atoms with Crippen molar-refractivity contribution in [2.45, 2.75) is 19.9 Å². The number of aryl methyl sites for hydroxylation is 1. The van der Waals surface area contributed by atoms with Gasteiger partial charge in [-0.05, 0) is 25.5 Å². The van der Waals surface area contributed by atoms with Gasteiger partial charge in [0.05, 0.1) is 31.0 Å². The van der Waals surface area contributed by atoms with Gasteiger partial charge in [-0.1, -0.05) is 6.07 Å². The van der Waals surface area contributed by atoms with Crippen molar-refractivity contribution in [2.75, 3.05) is 34.4 Å². The molecule has 1 heterocycles. The molecule has 1 N–H and O–H groups in total. The van der Waals surface area contributed by atoms with Crippen molar-refractivity contribution in [1.82, 2.24) is 15.2 Å². The SMILES string of the molecule is CN=C(NCCCOc1cccc(OC)c1)N(C)Cc1csc(C)n1. The van der Waals surface area contributed by atoms with Crippen LogP contribution in [0.2, 0.25) is 0 Å². The van der Waals surface area contributed by atoms with Gasteiger partial charge in [-0.2, -0.15) is 0 Å². The Balaban J connectivity index is 1.70. The van der Waals surface area contributed by atoms with Gasteiger partial charge in [0.1, 0.15) is 11.5 Å². The molecular weight excluding hydrogens is 336 g/mol. The van der Waals surface area contributed by atoms with E-state index in [0.717, 1.165) is 47.7 Å². The van der Waals surface area contributed by atoms with E-state index in [2.05, 4.69) is 25.6 Å². The Hall–Kier alpha value is -2.28. The molecule has 0 aliphatic rings. The Morgan fingerprint density at radius 1 is 1.36 bits per heavy atom. The number of benzene rings is 1. The number of guanidine groups is 1. The maximum absolute atomic E-state index is 5.74. The number of aliphatic imine (C=N–C) groups is 1. The Kier molecular flexibility index (Phi) is 7.53. The maximum atomic E-state index is 5.74. The molecule has 0 saturated heterocycles. The molecule has 2 rings (SSSR count). The molecular formula is C18H26N4O2S. The lowest BCUT2D eigenvalue weighted by Gasteiger charge is -2.21. The molecule has 0 atom stereocenters. The van der Waals surface area contributed by atoms with Crippen LogP contribution in [0.4, 0.5) is 0 Å². The van der Waals surface area contributed by atoms with E-state index in [1.807, 2.05) is 38.2 Å². The van der Waals surface area contributed by atoms with Crippen LogP contribution in [0.25, 0.3) is 0 Å². The number of methoxy groups -OCH3 is 1. The zero-order valence-electron chi connectivity index (χ0n) is 15.3. The fraction of sp³-hybridized carbons (Fsp3) is 0.444. The van der Waals surface area contributed by atoms with Crippen LogP contribution in [0.3, 0.4) is 0 Å². The summed E-state index contributed by atoms with van der Waals surface area (Å²) in [5.41, 5.74) is 1.06. The van der Waals surface area contributed by atoms with Crippen molar-refractivity contribution >= 4 is 17.3 Å². The van der Waals surface area contributed by atoms with Crippen LogP contribution in [-0.2, 0) is 6.54 Å². The lowest BCUT2D eigenvalue weighted by atomic mass is 10.3. The number of hydrogen-bond acceptors (Lipinski definition) is 5. The molecule has 0 saturated carbocycles. The zero-order chi connectivity index (χ0) is 18.1. The van der Waals surface area contributed by atoms with E-state index in [4.69, 9.17) is 9.47 Å². The fourth-order valence-corrected chi connectivity index (χ4v) is 2.94. The lowest BCUT2D eigenvalue weighted by molar-refractivity contribution is 0.307. The number of nitrogens with one attached hydrogen (secondary N) is 1. The summed E-state index contributed by atoms with van der Waals surface area (Å²) >= 11 is 1.67. The summed E-state index contributed by atoms with van der Waals surface area (Å²) in [6.07, 6.45) is 0.875. The molecule has 1 aromatic heterocycles. The van der Waals surface area contributed by atoms with Crippen molar-refractivity contribution in [3.8, 4) is 11.5 Å². The van der Waals surface area contributed by atoms with Crippen LogP contribution in [-0.4, -0.2) is 50.2 Å². The van der Waals surface area contributed by atoms with Gasteiger partial charge in [0.15, 0.2) is 5.96 Å². The number of nitrogens with zero attached hydrogens (tertiary/aromatic N) is 3. The Bertz CT molecular complexity index is 687. The number of ether oxygens (including phenoxy) is 2. The van der Waals surface area contributed by atoms with Gasteiger partial charge < -0.3 is 19.7 Å². The molecule has 7 heteroatoms. The first-order valence-electron chi connectivity index (χ1n) is 8.22. The third-order valence-corrected chi connectivity index (χ3v) is 4.38. The van der Waals surface area contributed by atoms with Crippen LogP contribution in [0, 0.1) is 6.92 Å². The molecule has 0 fully saturated rings. The first-order valence-corrected chi connectivity index (χ1v) is 9.10. The number of hydrogen-bond donors (Lipinski definition) is 1. The molecule has 0 aliphatic heterocycles. The van der Waals surface area contributed by atoms with Gasteiger partial charge in [-0.25, -0.2) is 4.98 Å². The minimum absolute atomic E-state index is 0.631. The third-order valence-electron chi connectivity index (χ3n) is 3.55. The molecule has 6 nitrogen and oxygen atoms in total. The van der Waals surface area contributed by atoms with Crippen LogP contribution >= 0.6 is 11.3 Å². The predicted molar refractivity (Wildman–Crippen MR) is 103 cm³/mol. The van der Waals surface area contributed by atoms with Gasteiger partial charge >= 0.3 is 0 Å². The summed E-state index contributed by atoms with van der Waals surface area (Å²) in [6.45, 7) is 4.18. The van der Waals surface area contributed by atoms with E-state index in [1.165, 1.54) is 0 Å². The lowest BCUT2D eigenvalue weighted by Crippen LogP contribution is -2.39. The highest BCUT2D eigenvalue weighted by Gasteiger charge is 2.08. The Morgan fingerprint density at radius 3 is 2.84 bits per heavy atom. The van der Waals surface area contributed by atoms with E-state index >= 15 is 0 Å². The molecule has 136 valence electrons. The van der Waals surface area contributed by atoms with E-state index < -0.39 is 0 Å². The second-order valence-electron chi connectivity index (χ2n) is 5.57. The third kappa shape index (κ3) is 6.26. The first-order chi connectivity index (χ1) is 12.1. The van der Waals surface area contributed by atoms with Crippen LogP contribution in [0.1, 0.15) is 17.1 Å². The van der Waals surface area contributed by atoms with Gasteiger partial charge in [0, 0.05) is 32.1 Å². The molecule has 0 spiro atoms. The molecule has 2 aromatic rings. The summed E-state index contributed by atoms with van der Waals surface area (Å²) < 4.78 is 10.9. The van der Waals surface area contributed by atoms with Gasteiger partial charge in [0.25, 0.3) is 0 Å². The molecule has 0 amide bonds. The first kappa shape index (κ1) is 19.1. The minimum atomic E-state index is 0.631. The maximum Gasteiger partial charge on any atom is 0.193 e. The van der Waals surface area contributed by atoms with Gasteiger partial charge in [0.2, 0.25) is 0 Å². The summed E-state index contributed by atoms with van der Waals surface area (Å²) in [5, 5.41) is 6.52. The van der Waals surface area contributed by atoms with Gasteiger partial charge in [-0.15, -0.1) is 11.3 Å². The topological polar surface area (TPSA) is 59.0 Å². The summed E-state index contributed by atoms with van der Waals surface area (Å²) in [5.74, 6) is 2.47. The van der Waals surface area contributed by atoms with E-state index in [9.17, 15) is 0 Å². The van der Waals surface area contributed by atoms with Crippen molar-refractivity contribution in [2.24, 2.45) is 4.99 Å². The quantitative estimate of drug-likeness (QED) is 0.444. The molecule has 0 aliphatic carbocycles. The van der Waals surface area contributed by atoms with E-state index in [0.29, 0.717) is 6.61 Å². The summed E-state index contributed by atoms with van der Waals surface area (Å²) in [7, 11) is 5.45. The van der Waals surface area contributed by atoms with Gasteiger partial charge in [-0.3, -0.25) is 4.99 Å². The van der Waals surface area contributed by atoms with Crippen LogP contribution in [0.5, 0.6) is 11.5 Å². The fourth-order valence-electron chi connectivity index (χ4n) is 2.34. The molecule has 1 aromatic carbocycles. The molecule has 0 radical (unpaired) electrons. The number of thiazole rings is 1. The monoisotopic (exact) mass is 362 g/mol. The second kappa shape index (κ2) is 9.88. The minimum Gasteiger partial charge on any atom is -0.497 e. The van der Waals surface area contributed by atoms with Crippen molar-refractivity contribution in [1.29, 1.82) is 0 Å². The van der Waals surface area contributed by atoms with E-state index in [-0.39, 0.29) is 0 Å². The van der Waals surface area contributed by atoms with Crippen molar-refractivity contribution in [3.05, 3.63) is 40.3 Å². The molecule has 0 bridgehead atoms.